The van der Waals surface area contributed by atoms with Crippen molar-refractivity contribution in [3.8, 4) is 0 Å². The Morgan fingerprint density at radius 3 is 2.50 bits per heavy atom. The van der Waals surface area contributed by atoms with Crippen LogP contribution in [-0.4, -0.2) is 30.4 Å². The Balaban J connectivity index is 2.37. The van der Waals surface area contributed by atoms with Crippen LogP contribution < -0.4 is 5.73 Å². The molecule has 0 aliphatic heterocycles. The Hall–Kier alpha value is -1.35. The SMILES string of the molecule is CC(C)CN(CCCN)C(=O)CCCc1ccccc1. The minimum Gasteiger partial charge on any atom is -0.342 e. The van der Waals surface area contributed by atoms with Crippen molar-refractivity contribution in [2.45, 2.75) is 39.5 Å². The molecule has 0 saturated heterocycles. The summed E-state index contributed by atoms with van der Waals surface area (Å²) in [5.41, 5.74) is 6.85. The number of aryl methyl sites for hydroxylation is 1. The van der Waals surface area contributed by atoms with Crippen molar-refractivity contribution in [3.05, 3.63) is 35.9 Å². The summed E-state index contributed by atoms with van der Waals surface area (Å²) in [5, 5.41) is 0. The summed E-state index contributed by atoms with van der Waals surface area (Å²) < 4.78 is 0. The molecule has 0 aromatic heterocycles. The Kier molecular flexibility index (Phi) is 7.97. The molecule has 112 valence electrons. The lowest BCUT2D eigenvalue weighted by Crippen LogP contribution is -2.35. The maximum absolute atomic E-state index is 12.3. The second kappa shape index (κ2) is 9.54. The van der Waals surface area contributed by atoms with E-state index in [9.17, 15) is 4.79 Å². The molecule has 1 aromatic rings. The smallest absolute Gasteiger partial charge is 0.222 e. The molecule has 0 spiro atoms. The maximum atomic E-state index is 12.3. The summed E-state index contributed by atoms with van der Waals surface area (Å²) in [4.78, 5) is 14.2. The van der Waals surface area contributed by atoms with E-state index in [1.165, 1.54) is 5.56 Å². The summed E-state index contributed by atoms with van der Waals surface area (Å²) in [7, 11) is 0. The van der Waals surface area contributed by atoms with Gasteiger partial charge in [-0.15, -0.1) is 0 Å². The fraction of sp³-hybridized carbons (Fsp3) is 0.588. The average Bonchev–Trinajstić information content (AvgIpc) is 2.44. The van der Waals surface area contributed by atoms with Gasteiger partial charge in [0, 0.05) is 19.5 Å². The minimum absolute atomic E-state index is 0.267. The number of rotatable bonds is 9. The third kappa shape index (κ3) is 6.71. The number of amides is 1. The zero-order chi connectivity index (χ0) is 14.8. The minimum atomic E-state index is 0.267. The molecule has 0 heterocycles. The molecule has 0 bridgehead atoms. The number of hydrogen-bond donors (Lipinski definition) is 1. The van der Waals surface area contributed by atoms with Gasteiger partial charge in [0.2, 0.25) is 5.91 Å². The van der Waals surface area contributed by atoms with Gasteiger partial charge in [-0.05, 0) is 37.3 Å². The fourth-order valence-electron chi connectivity index (χ4n) is 2.29. The van der Waals surface area contributed by atoms with Gasteiger partial charge in [0.05, 0.1) is 0 Å². The number of nitrogens with two attached hydrogens (primary N) is 1. The van der Waals surface area contributed by atoms with Gasteiger partial charge in [0.15, 0.2) is 0 Å². The van der Waals surface area contributed by atoms with Crippen LogP contribution in [0, 0.1) is 5.92 Å². The summed E-state index contributed by atoms with van der Waals surface area (Å²) in [6.07, 6.45) is 3.41. The highest BCUT2D eigenvalue weighted by Gasteiger charge is 2.13. The summed E-state index contributed by atoms with van der Waals surface area (Å²) >= 11 is 0. The zero-order valence-corrected chi connectivity index (χ0v) is 12.8. The Bertz CT molecular complexity index is 376. The van der Waals surface area contributed by atoms with Crippen molar-refractivity contribution < 1.29 is 4.79 Å². The van der Waals surface area contributed by atoms with E-state index in [2.05, 4.69) is 26.0 Å². The lowest BCUT2D eigenvalue weighted by molar-refractivity contribution is -0.131. The number of carbonyl (C=O) groups is 1. The molecule has 3 heteroatoms. The van der Waals surface area contributed by atoms with Crippen molar-refractivity contribution in [1.29, 1.82) is 0 Å². The number of nitrogens with zero attached hydrogens (tertiary/aromatic N) is 1. The molecule has 0 saturated carbocycles. The number of benzene rings is 1. The van der Waals surface area contributed by atoms with Gasteiger partial charge in [-0.2, -0.15) is 0 Å². The quantitative estimate of drug-likeness (QED) is 0.754. The van der Waals surface area contributed by atoms with E-state index in [4.69, 9.17) is 5.73 Å². The molecule has 0 radical (unpaired) electrons. The zero-order valence-electron chi connectivity index (χ0n) is 12.8. The summed E-state index contributed by atoms with van der Waals surface area (Å²) in [6.45, 7) is 6.56. The van der Waals surface area contributed by atoms with Gasteiger partial charge in [-0.25, -0.2) is 0 Å². The van der Waals surface area contributed by atoms with Gasteiger partial charge in [0.25, 0.3) is 0 Å². The molecule has 1 rings (SSSR count). The second-order valence-corrected chi connectivity index (χ2v) is 5.71. The average molecular weight is 276 g/mol. The Morgan fingerprint density at radius 1 is 1.20 bits per heavy atom. The van der Waals surface area contributed by atoms with Crippen LogP contribution in [0.4, 0.5) is 0 Å². The third-order valence-electron chi connectivity index (χ3n) is 3.27. The van der Waals surface area contributed by atoms with Crippen LogP contribution in [0.1, 0.15) is 38.7 Å². The first-order chi connectivity index (χ1) is 9.63. The first-order valence-electron chi connectivity index (χ1n) is 7.65. The molecule has 1 aromatic carbocycles. The van der Waals surface area contributed by atoms with Crippen LogP contribution in [0.2, 0.25) is 0 Å². The van der Waals surface area contributed by atoms with Gasteiger partial charge in [-0.3, -0.25) is 4.79 Å². The van der Waals surface area contributed by atoms with E-state index in [0.29, 0.717) is 18.9 Å². The lowest BCUT2D eigenvalue weighted by atomic mass is 10.1. The van der Waals surface area contributed by atoms with E-state index >= 15 is 0 Å². The highest BCUT2D eigenvalue weighted by Crippen LogP contribution is 2.08. The molecule has 3 nitrogen and oxygen atoms in total. The van der Waals surface area contributed by atoms with Crippen molar-refractivity contribution in [2.75, 3.05) is 19.6 Å². The van der Waals surface area contributed by atoms with Crippen LogP contribution >= 0.6 is 0 Å². The van der Waals surface area contributed by atoms with Crippen LogP contribution in [0.3, 0.4) is 0 Å². The monoisotopic (exact) mass is 276 g/mol. The van der Waals surface area contributed by atoms with Crippen LogP contribution in [0.15, 0.2) is 30.3 Å². The van der Waals surface area contributed by atoms with E-state index in [1.807, 2.05) is 23.1 Å². The molecule has 0 fully saturated rings. The van der Waals surface area contributed by atoms with Crippen LogP contribution in [0.5, 0.6) is 0 Å². The molecule has 2 N–H and O–H groups in total. The fourth-order valence-corrected chi connectivity index (χ4v) is 2.29. The number of carbonyl (C=O) groups excluding carboxylic acids is 1. The van der Waals surface area contributed by atoms with Crippen LogP contribution in [-0.2, 0) is 11.2 Å². The Labute approximate surface area is 123 Å². The molecular weight excluding hydrogens is 248 g/mol. The van der Waals surface area contributed by atoms with Crippen molar-refractivity contribution >= 4 is 5.91 Å². The number of hydrogen-bond acceptors (Lipinski definition) is 2. The molecule has 1 amide bonds. The van der Waals surface area contributed by atoms with Crippen LogP contribution in [0.25, 0.3) is 0 Å². The second-order valence-electron chi connectivity index (χ2n) is 5.71. The molecule has 20 heavy (non-hydrogen) atoms. The maximum Gasteiger partial charge on any atom is 0.222 e. The summed E-state index contributed by atoms with van der Waals surface area (Å²) in [5.74, 6) is 0.772. The molecule has 0 aliphatic rings. The molecule has 0 aliphatic carbocycles. The highest BCUT2D eigenvalue weighted by atomic mass is 16.2. The van der Waals surface area contributed by atoms with E-state index in [1.54, 1.807) is 0 Å². The lowest BCUT2D eigenvalue weighted by Gasteiger charge is -2.24. The van der Waals surface area contributed by atoms with E-state index in [0.717, 1.165) is 32.4 Å². The van der Waals surface area contributed by atoms with E-state index in [-0.39, 0.29) is 5.91 Å². The largest absolute Gasteiger partial charge is 0.342 e. The third-order valence-corrected chi connectivity index (χ3v) is 3.27. The van der Waals surface area contributed by atoms with Gasteiger partial charge >= 0.3 is 0 Å². The van der Waals surface area contributed by atoms with Gasteiger partial charge < -0.3 is 10.6 Å². The summed E-state index contributed by atoms with van der Waals surface area (Å²) in [6, 6.07) is 10.3. The standard InChI is InChI=1S/C17H28N2O/c1-15(2)14-19(13-7-12-18)17(20)11-6-10-16-8-4-3-5-9-16/h3-5,8-9,15H,6-7,10-14,18H2,1-2H3. The molecular formula is C17H28N2O. The van der Waals surface area contributed by atoms with Crippen molar-refractivity contribution in [3.63, 3.8) is 0 Å². The van der Waals surface area contributed by atoms with Gasteiger partial charge in [-0.1, -0.05) is 44.2 Å². The molecule has 0 unspecified atom stereocenters. The highest BCUT2D eigenvalue weighted by molar-refractivity contribution is 5.76. The van der Waals surface area contributed by atoms with Crippen molar-refractivity contribution in [1.82, 2.24) is 4.90 Å². The molecule has 0 atom stereocenters. The first-order valence-corrected chi connectivity index (χ1v) is 7.65. The first kappa shape index (κ1) is 16.7. The predicted octanol–water partition coefficient (Wildman–Crippen LogP) is 2.84. The van der Waals surface area contributed by atoms with Crippen molar-refractivity contribution in [2.24, 2.45) is 11.7 Å². The Morgan fingerprint density at radius 2 is 1.90 bits per heavy atom. The topological polar surface area (TPSA) is 46.3 Å². The van der Waals surface area contributed by atoms with E-state index < -0.39 is 0 Å². The normalized spacial score (nSPS) is 10.8. The van der Waals surface area contributed by atoms with Gasteiger partial charge in [0.1, 0.15) is 0 Å². The predicted molar refractivity (Wildman–Crippen MR) is 84.5 cm³/mol.